The number of piperazine rings is 1. The van der Waals surface area contributed by atoms with Crippen molar-refractivity contribution in [2.45, 2.75) is 39.2 Å². The van der Waals surface area contributed by atoms with Crippen molar-refractivity contribution < 1.29 is 9.53 Å². The number of carbonyl (C=O) groups excluding carboxylic acids is 1. The van der Waals surface area contributed by atoms with Crippen LogP contribution in [0.5, 0.6) is 5.75 Å². The number of methoxy groups -OCH3 is 1. The molecule has 0 bridgehead atoms. The zero-order valence-corrected chi connectivity index (χ0v) is 21.7. The van der Waals surface area contributed by atoms with Gasteiger partial charge in [0.2, 0.25) is 5.91 Å². The van der Waals surface area contributed by atoms with Gasteiger partial charge in [0.05, 0.1) is 19.0 Å². The summed E-state index contributed by atoms with van der Waals surface area (Å²) in [5.74, 6) is 1.09. The van der Waals surface area contributed by atoms with Gasteiger partial charge in [0.15, 0.2) is 0 Å². The molecule has 4 rings (SSSR count). The van der Waals surface area contributed by atoms with Gasteiger partial charge in [0, 0.05) is 70.0 Å². The highest BCUT2D eigenvalue weighted by Gasteiger charge is 2.25. The summed E-state index contributed by atoms with van der Waals surface area (Å²) in [7, 11) is 1.69. The fourth-order valence-electron chi connectivity index (χ4n) is 5.06. The maximum Gasteiger partial charge on any atom is 0.268 e. The zero-order valence-electron chi connectivity index (χ0n) is 21.7. The normalized spacial score (nSPS) is 17.3. The Morgan fingerprint density at radius 3 is 2.33 bits per heavy atom. The predicted molar refractivity (Wildman–Crippen MR) is 143 cm³/mol. The summed E-state index contributed by atoms with van der Waals surface area (Å²) in [5.41, 5.74) is 2.04. The van der Waals surface area contributed by atoms with Gasteiger partial charge in [-0.25, -0.2) is 4.68 Å². The van der Waals surface area contributed by atoms with Crippen molar-refractivity contribution in [1.82, 2.24) is 20.0 Å². The van der Waals surface area contributed by atoms with Crippen molar-refractivity contribution in [3.8, 4) is 5.75 Å². The van der Waals surface area contributed by atoms with E-state index in [1.165, 1.54) is 10.4 Å². The predicted octanol–water partition coefficient (Wildman–Crippen LogP) is 2.21. The molecule has 0 radical (unpaired) electrons. The molecule has 1 amide bonds. The Morgan fingerprint density at radius 1 is 1.00 bits per heavy atom. The molecule has 2 saturated heterocycles. The van der Waals surface area contributed by atoms with E-state index < -0.39 is 0 Å². The second-order valence-electron chi connectivity index (χ2n) is 9.71. The minimum atomic E-state index is -0.0589. The first-order valence-corrected chi connectivity index (χ1v) is 13.3. The monoisotopic (exact) mass is 496 g/mol. The van der Waals surface area contributed by atoms with Crippen molar-refractivity contribution in [3.63, 3.8) is 0 Å². The van der Waals surface area contributed by atoms with Crippen LogP contribution in [-0.2, 0) is 11.3 Å². The number of piperidine rings is 1. The van der Waals surface area contributed by atoms with Gasteiger partial charge in [-0.3, -0.25) is 14.5 Å². The minimum absolute atomic E-state index is 0.0442. The Kier molecular flexibility index (Phi) is 9.22. The molecular weight excluding hydrogens is 456 g/mol. The highest BCUT2D eigenvalue weighted by atomic mass is 16.5. The van der Waals surface area contributed by atoms with E-state index in [2.05, 4.69) is 37.2 Å². The van der Waals surface area contributed by atoms with E-state index in [1.807, 2.05) is 19.1 Å². The molecule has 0 atom stereocenters. The summed E-state index contributed by atoms with van der Waals surface area (Å²) >= 11 is 0. The standard InChI is InChI=1S/C27H40N6O3/c1-3-12-33-26(34)20-24(21-29-33)31-14-9-22(10-15-31)27(35)28-11-4-13-30-16-18-32(19-17-30)23-5-7-25(36-2)8-6-23/h5-8,20-22H,3-4,9-19H2,1-2H3,(H,28,35). The number of aryl methyl sites for hydroxylation is 1. The van der Waals surface area contributed by atoms with E-state index in [1.54, 1.807) is 19.4 Å². The molecule has 36 heavy (non-hydrogen) atoms. The summed E-state index contributed by atoms with van der Waals surface area (Å²) in [4.78, 5) is 32.0. The van der Waals surface area contributed by atoms with Crippen LogP contribution < -0.4 is 25.4 Å². The van der Waals surface area contributed by atoms with Crippen LogP contribution >= 0.6 is 0 Å². The molecule has 1 aromatic heterocycles. The highest BCUT2D eigenvalue weighted by molar-refractivity contribution is 5.79. The Labute approximate surface area is 214 Å². The third kappa shape index (κ3) is 6.78. The Hall–Kier alpha value is -3.07. The Bertz CT molecular complexity index is 1020. The molecular formula is C27H40N6O3. The molecule has 9 nitrogen and oxygen atoms in total. The van der Waals surface area contributed by atoms with E-state index in [9.17, 15) is 9.59 Å². The summed E-state index contributed by atoms with van der Waals surface area (Å²) in [6, 6.07) is 9.93. The van der Waals surface area contributed by atoms with Crippen LogP contribution in [0.4, 0.5) is 11.4 Å². The molecule has 2 aliphatic rings. The number of benzene rings is 1. The fourth-order valence-corrected chi connectivity index (χ4v) is 5.06. The smallest absolute Gasteiger partial charge is 0.268 e. The lowest BCUT2D eigenvalue weighted by molar-refractivity contribution is -0.125. The van der Waals surface area contributed by atoms with Crippen LogP contribution in [-0.4, -0.2) is 80.1 Å². The Balaban J connectivity index is 1.11. The van der Waals surface area contributed by atoms with Crippen LogP contribution in [0.1, 0.15) is 32.6 Å². The first-order valence-electron chi connectivity index (χ1n) is 13.3. The van der Waals surface area contributed by atoms with Crippen LogP contribution in [0.15, 0.2) is 41.3 Å². The number of hydrogen-bond donors (Lipinski definition) is 1. The number of rotatable bonds is 10. The second kappa shape index (κ2) is 12.8. The lowest BCUT2D eigenvalue weighted by Crippen LogP contribution is -2.47. The summed E-state index contributed by atoms with van der Waals surface area (Å²) < 4.78 is 6.75. The van der Waals surface area contributed by atoms with Gasteiger partial charge < -0.3 is 19.9 Å². The third-order valence-corrected chi connectivity index (χ3v) is 7.28. The highest BCUT2D eigenvalue weighted by Crippen LogP contribution is 2.22. The molecule has 2 fully saturated rings. The quantitative estimate of drug-likeness (QED) is 0.505. The molecule has 1 N–H and O–H groups in total. The minimum Gasteiger partial charge on any atom is -0.497 e. The first-order chi connectivity index (χ1) is 17.6. The van der Waals surface area contributed by atoms with E-state index in [-0.39, 0.29) is 17.4 Å². The van der Waals surface area contributed by atoms with Gasteiger partial charge in [-0.2, -0.15) is 5.10 Å². The number of ether oxygens (including phenoxy) is 1. The molecule has 196 valence electrons. The number of anilines is 2. The number of hydrogen-bond acceptors (Lipinski definition) is 7. The van der Waals surface area contributed by atoms with Gasteiger partial charge >= 0.3 is 0 Å². The van der Waals surface area contributed by atoms with Gasteiger partial charge in [0.1, 0.15) is 5.75 Å². The van der Waals surface area contributed by atoms with E-state index in [0.29, 0.717) is 6.54 Å². The number of carbonyl (C=O) groups is 1. The van der Waals surface area contributed by atoms with Gasteiger partial charge in [-0.1, -0.05) is 6.92 Å². The number of nitrogens with one attached hydrogen (secondary N) is 1. The molecule has 9 heteroatoms. The lowest BCUT2D eigenvalue weighted by Gasteiger charge is -2.36. The number of aromatic nitrogens is 2. The fraction of sp³-hybridized carbons (Fsp3) is 0.593. The molecule has 0 aliphatic carbocycles. The van der Waals surface area contributed by atoms with E-state index >= 15 is 0 Å². The molecule has 2 aliphatic heterocycles. The van der Waals surface area contributed by atoms with Crippen molar-refractivity contribution in [2.24, 2.45) is 5.92 Å². The van der Waals surface area contributed by atoms with Crippen molar-refractivity contribution in [2.75, 3.05) is 69.3 Å². The van der Waals surface area contributed by atoms with Gasteiger partial charge in [0.25, 0.3) is 5.56 Å². The number of amides is 1. The van der Waals surface area contributed by atoms with Crippen LogP contribution in [0, 0.1) is 5.92 Å². The number of nitrogens with zero attached hydrogens (tertiary/aromatic N) is 5. The van der Waals surface area contributed by atoms with E-state index in [0.717, 1.165) is 89.5 Å². The maximum atomic E-state index is 12.7. The molecule has 0 saturated carbocycles. The average molecular weight is 497 g/mol. The molecule has 2 aromatic rings. The third-order valence-electron chi connectivity index (χ3n) is 7.28. The second-order valence-corrected chi connectivity index (χ2v) is 9.71. The summed E-state index contributed by atoms with van der Waals surface area (Å²) in [5, 5.41) is 7.43. The SMILES string of the molecule is CCCn1ncc(N2CCC(C(=O)NCCCN3CCN(c4ccc(OC)cc4)CC3)CC2)cc1=O. The average Bonchev–Trinajstić information content (AvgIpc) is 2.93. The lowest BCUT2D eigenvalue weighted by atomic mass is 9.95. The molecule has 3 heterocycles. The first kappa shape index (κ1) is 26.0. The summed E-state index contributed by atoms with van der Waals surface area (Å²) in [6.45, 7) is 10.0. The van der Waals surface area contributed by atoms with Crippen LogP contribution in [0.25, 0.3) is 0 Å². The van der Waals surface area contributed by atoms with Crippen molar-refractivity contribution >= 4 is 17.3 Å². The molecule has 0 spiro atoms. The maximum absolute atomic E-state index is 12.7. The zero-order chi connectivity index (χ0) is 25.3. The largest absolute Gasteiger partial charge is 0.497 e. The van der Waals surface area contributed by atoms with Crippen LogP contribution in [0.2, 0.25) is 0 Å². The van der Waals surface area contributed by atoms with Gasteiger partial charge in [-0.05, 0) is 56.5 Å². The topological polar surface area (TPSA) is 82.9 Å². The Morgan fingerprint density at radius 2 is 1.69 bits per heavy atom. The summed E-state index contributed by atoms with van der Waals surface area (Å²) in [6.07, 6.45) is 5.23. The van der Waals surface area contributed by atoms with Crippen molar-refractivity contribution in [3.05, 3.63) is 46.9 Å². The van der Waals surface area contributed by atoms with Gasteiger partial charge in [-0.15, -0.1) is 0 Å². The van der Waals surface area contributed by atoms with Crippen molar-refractivity contribution in [1.29, 1.82) is 0 Å². The van der Waals surface area contributed by atoms with E-state index in [4.69, 9.17) is 4.74 Å². The molecule has 1 aromatic carbocycles. The van der Waals surface area contributed by atoms with Crippen LogP contribution in [0.3, 0.4) is 0 Å². The molecule has 0 unspecified atom stereocenters.